The highest BCUT2D eigenvalue weighted by molar-refractivity contribution is 6.28. The molecule has 17 heavy (non-hydrogen) atoms. The molecule has 3 heterocycles. The zero-order valence-corrected chi connectivity index (χ0v) is 9.23. The van der Waals surface area contributed by atoms with Gasteiger partial charge in [-0.25, -0.2) is 9.97 Å². The lowest BCUT2D eigenvalue weighted by Gasteiger charge is -2.04. The fourth-order valence-electron chi connectivity index (χ4n) is 1.32. The van der Waals surface area contributed by atoms with E-state index in [-0.39, 0.29) is 5.28 Å². The molecule has 0 aliphatic heterocycles. The molecule has 0 atom stereocenters. The van der Waals surface area contributed by atoms with Crippen molar-refractivity contribution in [1.29, 1.82) is 0 Å². The third kappa shape index (κ3) is 1.87. The van der Waals surface area contributed by atoms with E-state index in [1.54, 1.807) is 46.6 Å². The molecule has 0 N–H and O–H groups in total. The van der Waals surface area contributed by atoms with Gasteiger partial charge in [0.2, 0.25) is 17.2 Å². The number of imidazole rings is 2. The van der Waals surface area contributed by atoms with Gasteiger partial charge in [0.05, 0.1) is 0 Å². The van der Waals surface area contributed by atoms with Gasteiger partial charge in [0.25, 0.3) is 0 Å². The van der Waals surface area contributed by atoms with Crippen molar-refractivity contribution in [2.75, 3.05) is 0 Å². The Morgan fingerprint density at radius 1 is 0.824 bits per heavy atom. The van der Waals surface area contributed by atoms with E-state index in [0.717, 1.165) is 0 Å². The van der Waals surface area contributed by atoms with E-state index in [2.05, 4.69) is 24.9 Å². The largest absolute Gasteiger partial charge is 0.274 e. The molecule has 3 rings (SSSR count). The first-order valence-electron chi connectivity index (χ1n) is 4.71. The number of halogens is 1. The molecule has 0 aliphatic rings. The topological polar surface area (TPSA) is 74.3 Å². The summed E-state index contributed by atoms with van der Waals surface area (Å²) in [6.07, 6.45) is 9.89. The van der Waals surface area contributed by atoms with Crippen LogP contribution in [0, 0.1) is 0 Å². The van der Waals surface area contributed by atoms with Gasteiger partial charge in [-0.3, -0.25) is 9.13 Å². The first-order chi connectivity index (χ1) is 8.33. The second kappa shape index (κ2) is 3.95. The first-order valence-corrected chi connectivity index (χ1v) is 5.09. The van der Waals surface area contributed by atoms with Crippen molar-refractivity contribution in [3.63, 3.8) is 0 Å². The lowest BCUT2D eigenvalue weighted by molar-refractivity contribution is 0.837. The number of hydrogen-bond donors (Lipinski definition) is 0. The molecule has 0 bridgehead atoms. The van der Waals surface area contributed by atoms with Gasteiger partial charge in [0.15, 0.2) is 0 Å². The minimum atomic E-state index is 0.118. The van der Waals surface area contributed by atoms with Crippen LogP contribution in [0.3, 0.4) is 0 Å². The Hall–Kier alpha value is -2.28. The Bertz CT molecular complexity index is 564. The molecule has 3 aromatic heterocycles. The van der Waals surface area contributed by atoms with Crippen molar-refractivity contribution in [2.45, 2.75) is 0 Å². The van der Waals surface area contributed by atoms with Gasteiger partial charge in [-0.2, -0.15) is 15.0 Å². The van der Waals surface area contributed by atoms with Crippen LogP contribution in [0.1, 0.15) is 0 Å². The highest BCUT2D eigenvalue weighted by Gasteiger charge is 2.07. The quantitative estimate of drug-likeness (QED) is 0.673. The van der Waals surface area contributed by atoms with Gasteiger partial charge in [0.1, 0.15) is 12.7 Å². The maximum absolute atomic E-state index is 5.85. The molecular formula is C9H6ClN7. The summed E-state index contributed by atoms with van der Waals surface area (Å²) in [4.78, 5) is 20.1. The lowest BCUT2D eigenvalue weighted by Crippen LogP contribution is -2.06. The Balaban J connectivity index is 2.13. The second-order valence-corrected chi connectivity index (χ2v) is 3.48. The van der Waals surface area contributed by atoms with Gasteiger partial charge in [-0.1, -0.05) is 0 Å². The predicted octanol–water partition coefficient (Wildman–Crippen LogP) is 0.896. The molecule has 0 saturated heterocycles. The summed E-state index contributed by atoms with van der Waals surface area (Å²) < 4.78 is 3.29. The zero-order chi connectivity index (χ0) is 11.7. The van der Waals surface area contributed by atoms with E-state index in [1.165, 1.54) is 0 Å². The summed E-state index contributed by atoms with van der Waals surface area (Å²) in [6, 6.07) is 0. The van der Waals surface area contributed by atoms with E-state index in [0.29, 0.717) is 11.9 Å². The molecule has 84 valence electrons. The summed E-state index contributed by atoms with van der Waals surface area (Å²) in [6.45, 7) is 0. The molecule has 0 fully saturated rings. The second-order valence-electron chi connectivity index (χ2n) is 3.14. The molecule has 0 radical (unpaired) electrons. The van der Waals surface area contributed by atoms with Gasteiger partial charge in [-0.15, -0.1) is 0 Å². The van der Waals surface area contributed by atoms with Crippen molar-refractivity contribution in [3.05, 3.63) is 42.7 Å². The molecule has 0 aliphatic carbocycles. The van der Waals surface area contributed by atoms with Crippen molar-refractivity contribution in [1.82, 2.24) is 34.1 Å². The number of nitrogens with zero attached hydrogens (tertiary/aromatic N) is 7. The number of rotatable bonds is 2. The van der Waals surface area contributed by atoms with E-state index in [9.17, 15) is 0 Å². The Kier molecular flexibility index (Phi) is 2.30. The van der Waals surface area contributed by atoms with Gasteiger partial charge in [0, 0.05) is 24.8 Å². The summed E-state index contributed by atoms with van der Waals surface area (Å²) in [5.41, 5.74) is 0. The third-order valence-electron chi connectivity index (χ3n) is 2.06. The number of aromatic nitrogens is 7. The molecule has 3 aromatic rings. The molecule has 7 nitrogen and oxygen atoms in total. The fourth-order valence-corrected chi connectivity index (χ4v) is 1.47. The van der Waals surface area contributed by atoms with Crippen molar-refractivity contribution < 1.29 is 0 Å². The minimum Gasteiger partial charge on any atom is -0.274 e. The van der Waals surface area contributed by atoms with Crippen molar-refractivity contribution >= 4 is 11.6 Å². The Morgan fingerprint density at radius 3 is 1.76 bits per heavy atom. The summed E-state index contributed by atoms with van der Waals surface area (Å²) in [5.74, 6) is 0.817. The summed E-state index contributed by atoms with van der Waals surface area (Å²) in [7, 11) is 0. The molecule has 0 amide bonds. The fraction of sp³-hybridized carbons (Fsp3) is 0. The van der Waals surface area contributed by atoms with Crippen LogP contribution in [0.4, 0.5) is 0 Å². The average molecular weight is 248 g/mol. The maximum atomic E-state index is 5.85. The van der Waals surface area contributed by atoms with Crippen LogP contribution in [-0.4, -0.2) is 34.1 Å². The molecule has 0 unspecified atom stereocenters. The van der Waals surface area contributed by atoms with Crippen molar-refractivity contribution in [2.24, 2.45) is 0 Å². The average Bonchev–Trinajstić information content (AvgIpc) is 3.02. The van der Waals surface area contributed by atoms with E-state index in [1.807, 2.05) is 0 Å². The Morgan fingerprint density at radius 2 is 1.35 bits per heavy atom. The predicted molar refractivity (Wildman–Crippen MR) is 59.1 cm³/mol. The highest BCUT2D eigenvalue weighted by Crippen LogP contribution is 2.08. The van der Waals surface area contributed by atoms with Crippen LogP contribution >= 0.6 is 11.6 Å². The smallest absolute Gasteiger partial charge is 0.241 e. The standard InChI is InChI=1S/C9H6ClN7/c10-7-13-8(16-3-1-11-5-16)15-9(14-7)17-4-2-12-6-17/h1-6H. The van der Waals surface area contributed by atoms with Crippen LogP contribution < -0.4 is 0 Å². The van der Waals surface area contributed by atoms with Crippen LogP contribution in [0.2, 0.25) is 5.28 Å². The number of hydrogen-bond acceptors (Lipinski definition) is 5. The van der Waals surface area contributed by atoms with E-state index < -0.39 is 0 Å². The molecule has 0 spiro atoms. The SMILES string of the molecule is Clc1nc(-n2ccnc2)nc(-n2ccnc2)n1. The third-order valence-corrected chi connectivity index (χ3v) is 2.22. The van der Waals surface area contributed by atoms with Crippen LogP contribution in [0.25, 0.3) is 11.9 Å². The molecule has 0 saturated carbocycles. The maximum Gasteiger partial charge on any atom is 0.241 e. The van der Waals surface area contributed by atoms with Gasteiger partial charge < -0.3 is 0 Å². The van der Waals surface area contributed by atoms with Crippen LogP contribution in [0.15, 0.2) is 37.4 Å². The summed E-state index contributed by atoms with van der Waals surface area (Å²) >= 11 is 5.85. The van der Waals surface area contributed by atoms with Gasteiger partial charge >= 0.3 is 0 Å². The monoisotopic (exact) mass is 247 g/mol. The normalized spacial score (nSPS) is 10.6. The lowest BCUT2D eigenvalue weighted by atomic mass is 10.7. The first kappa shape index (κ1) is 9.91. The molecule has 8 heteroatoms. The highest BCUT2D eigenvalue weighted by atomic mass is 35.5. The van der Waals surface area contributed by atoms with Crippen LogP contribution in [0.5, 0.6) is 0 Å². The van der Waals surface area contributed by atoms with Gasteiger partial charge in [-0.05, 0) is 11.6 Å². The zero-order valence-electron chi connectivity index (χ0n) is 8.47. The summed E-state index contributed by atoms with van der Waals surface area (Å²) in [5, 5.41) is 0.118. The minimum absolute atomic E-state index is 0.118. The van der Waals surface area contributed by atoms with E-state index >= 15 is 0 Å². The van der Waals surface area contributed by atoms with Crippen molar-refractivity contribution in [3.8, 4) is 11.9 Å². The Labute approximate surface area is 101 Å². The molecular weight excluding hydrogens is 242 g/mol. The van der Waals surface area contributed by atoms with Crippen LogP contribution in [-0.2, 0) is 0 Å². The van der Waals surface area contributed by atoms with E-state index in [4.69, 9.17) is 11.6 Å². The molecule has 0 aromatic carbocycles.